The number of amides is 2. The number of thioether (sulfide) groups is 1. The molecule has 3 aromatic rings. The van der Waals surface area contributed by atoms with Gasteiger partial charge in [-0.15, -0.1) is 23.1 Å². The number of benzene rings is 1. The number of thiophene rings is 1. The van der Waals surface area contributed by atoms with Gasteiger partial charge in [0.05, 0.1) is 16.9 Å². The van der Waals surface area contributed by atoms with Gasteiger partial charge in [-0.2, -0.15) is 0 Å². The van der Waals surface area contributed by atoms with Crippen molar-refractivity contribution >= 4 is 56.5 Å². The second kappa shape index (κ2) is 9.23. The van der Waals surface area contributed by atoms with Crippen molar-refractivity contribution in [2.75, 3.05) is 16.4 Å². The van der Waals surface area contributed by atoms with E-state index >= 15 is 0 Å². The third kappa shape index (κ3) is 4.99. The Labute approximate surface area is 188 Å². The fourth-order valence-corrected chi connectivity index (χ4v) is 5.48. The first-order valence-electron chi connectivity index (χ1n) is 10.2. The number of hydrogen-bond acceptors (Lipinski definition) is 6. The van der Waals surface area contributed by atoms with E-state index in [4.69, 9.17) is 0 Å². The van der Waals surface area contributed by atoms with Crippen LogP contribution in [0.5, 0.6) is 0 Å². The number of anilines is 2. The van der Waals surface area contributed by atoms with Crippen molar-refractivity contribution in [1.29, 1.82) is 0 Å². The van der Waals surface area contributed by atoms with Gasteiger partial charge in [0.2, 0.25) is 11.8 Å². The number of fused-ring (bicyclic) bond motifs is 3. The van der Waals surface area contributed by atoms with Crippen molar-refractivity contribution < 1.29 is 9.59 Å². The van der Waals surface area contributed by atoms with Crippen LogP contribution in [0.2, 0.25) is 0 Å². The number of nitrogens with one attached hydrogen (secondary N) is 3. The molecule has 1 aliphatic carbocycles. The molecule has 0 aliphatic heterocycles. The maximum atomic E-state index is 12.5. The summed E-state index contributed by atoms with van der Waals surface area (Å²) in [6.07, 6.45) is 3.09. The van der Waals surface area contributed by atoms with Crippen LogP contribution in [0.15, 0.2) is 29.1 Å². The minimum absolute atomic E-state index is 0.0755. The van der Waals surface area contributed by atoms with E-state index in [0.717, 1.165) is 29.5 Å². The predicted octanol–water partition coefficient (Wildman–Crippen LogP) is 3.94. The van der Waals surface area contributed by atoms with Gasteiger partial charge in [0.1, 0.15) is 10.7 Å². The van der Waals surface area contributed by atoms with Gasteiger partial charge in [-0.05, 0) is 43.0 Å². The quantitative estimate of drug-likeness (QED) is 0.500. The smallest absolute Gasteiger partial charge is 0.259 e. The van der Waals surface area contributed by atoms with Gasteiger partial charge < -0.3 is 15.6 Å². The monoisotopic (exact) mass is 456 g/mol. The highest BCUT2D eigenvalue weighted by atomic mass is 32.2. The van der Waals surface area contributed by atoms with Gasteiger partial charge in [-0.1, -0.05) is 19.9 Å². The van der Waals surface area contributed by atoms with Gasteiger partial charge in [0.15, 0.2) is 0 Å². The molecule has 0 unspecified atom stereocenters. The zero-order chi connectivity index (χ0) is 22.0. The zero-order valence-corrected chi connectivity index (χ0v) is 19.0. The molecule has 3 N–H and O–H groups in total. The number of rotatable bonds is 7. The Morgan fingerprint density at radius 3 is 2.77 bits per heavy atom. The highest BCUT2D eigenvalue weighted by Crippen LogP contribution is 2.34. The lowest BCUT2D eigenvalue weighted by Crippen LogP contribution is -2.18. The largest absolute Gasteiger partial charge is 0.326 e. The molecule has 4 rings (SSSR count). The number of aryl methyl sites for hydroxylation is 2. The van der Waals surface area contributed by atoms with Crippen LogP contribution in [0, 0.1) is 5.92 Å². The Hall–Kier alpha value is -2.65. The Kier molecular flexibility index (Phi) is 6.43. The van der Waals surface area contributed by atoms with Crippen molar-refractivity contribution in [1.82, 2.24) is 9.97 Å². The van der Waals surface area contributed by atoms with Crippen LogP contribution in [0.4, 0.5) is 11.4 Å². The number of hydrogen-bond donors (Lipinski definition) is 3. The number of aromatic amines is 1. The lowest BCUT2D eigenvalue weighted by molar-refractivity contribution is -0.119. The molecule has 0 fully saturated rings. The molecule has 0 bridgehead atoms. The highest BCUT2D eigenvalue weighted by molar-refractivity contribution is 7.99. The van der Waals surface area contributed by atoms with E-state index in [1.54, 1.807) is 35.6 Å². The fraction of sp³-hybridized carbons (Fsp3) is 0.364. The molecule has 0 spiro atoms. The molecule has 2 heterocycles. The Morgan fingerprint density at radius 1 is 1.23 bits per heavy atom. The summed E-state index contributed by atoms with van der Waals surface area (Å²) >= 11 is 3.00. The molecule has 2 aromatic heterocycles. The first-order chi connectivity index (χ1) is 14.9. The van der Waals surface area contributed by atoms with Crippen LogP contribution in [-0.4, -0.2) is 27.5 Å². The van der Waals surface area contributed by atoms with Gasteiger partial charge in [-0.25, -0.2) is 4.98 Å². The molecule has 9 heteroatoms. The number of H-pyrrole nitrogens is 1. The van der Waals surface area contributed by atoms with Crippen LogP contribution in [0.25, 0.3) is 10.2 Å². The van der Waals surface area contributed by atoms with E-state index in [1.165, 1.54) is 22.2 Å². The molecule has 7 nitrogen and oxygen atoms in total. The summed E-state index contributed by atoms with van der Waals surface area (Å²) in [6, 6.07) is 7.06. The van der Waals surface area contributed by atoms with Gasteiger partial charge in [0.25, 0.3) is 5.56 Å². The van der Waals surface area contributed by atoms with Crippen molar-refractivity contribution in [3.63, 3.8) is 0 Å². The topological polar surface area (TPSA) is 104 Å². The van der Waals surface area contributed by atoms with Gasteiger partial charge >= 0.3 is 0 Å². The van der Waals surface area contributed by atoms with E-state index in [9.17, 15) is 14.4 Å². The van der Waals surface area contributed by atoms with Crippen molar-refractivity contribution in [2.24, 2.45) is 5.92 Å². The summed E-state index contributed by atoms with van der Waals surface area (Å²) in [7, 11) is 0. The number of carbonyl (C=O) groups is 2. The van der Waals surface area contributed by atoms with Crippen LogP contribution in [0.1, 0.15) is 36.5 Å². The van der Waals surface area contributed by atoms with Crippen molar-refractivity contribution in [2.45, 2.75) is 38.9 Å². The molecule has 1 aromatic carbocycles. The summed E-state index contributed by atoms with van der Waals surface area (Å²) < 4.78 is 0. The molecule has 0 saturated carbocycles. The standard InChI is InChI=1S/C22H24N4O3S2/c1-12(2)20(28)24-14-6-3-5-13(9-14)23-18(27)11-30-10-17-25-21(29)19-15-7-4-8-16(15)31-22(19)26-17/h3,5-6,9,12H,4,7-8,10-11H2,1-2H3,(H,23,27)(H,24,28)(H,25,26,29). The van der Waals surface area contributed by atoms with Crippen LogP contribution < -0.4 is 16.2 Å². The number of nitrogens with zero attached hydrogens (tertiary/aromatic N) is 1. The third-order valence-electron chi connectivity index (χ3n) is 5.03. The SMILES string of the molecule is CC(C)C(=O)Nc1cccc(NC(=O)CSCc2nc3sc4c(c3c(=O)[nH]2)CCC4)c1. The van der Waals surface area contributed by atoms with Crippen LogP contribution >= 0.6 is 23.1 Å². The zero-order valence-electron chi connectivity index (χ0n) is 17.4. The first-order valence-corrected chi connectivity index (χ1v) is 12.2. The fourth-order valence-electron chi connectivity index (χ4n) is 3.51. The van der Waals surface area contributed by atoms with Crippen LogP contribution in [-0.2, 0) is 28.2 Å². The molecule has 2 amide bonds. The summed E-state index contributed by atoms with van der Waals surface area (Å²) in [5.74, 6) is 0.916. The molecular formula is C22H24N4O3S2. The lowest BCUT2D eigenvalue weighted by Gasteiger charge is -2.10. The van der Waals surface area contributed by atoms with Crippen molar-refractivity contribution in [3.05, 3.63) is 50.9 Å². The third-order valence-corrected chi connectivity index (χ3v) is 7.16. The van der Waals surface area contributed by atoms with Crippen LogP contribution in [0.3, 0.4) is 0 Å². The van der Waals surface area contributed by atoms with E-state index in [2.05, 4.69) is 20.6 Å². The summed E-state index contributed by atoms with van der Waals surface area (Å²) in [6.45, 7) is 3.65. The van der Waals surface area contributed by atoms with Gasteiger partial charge in [0, 0.05) is 22.2 Å². The Balaban J connectivity index is 1.33. The average Bonchev–Trinajstić information content (AvgIpc) is 3.29. The minimum Gasteiger partial charge on any atom is -0.326 e. The maximum Gasteiger partial charge on any atom is 0.259 e. The second-order valence-corrected chi connectivity index (χ2v) is 9.89. The van der Waals surface area contributed by atoms with E-state index in [1.807, 2.05) is 13.8 Å². The summed E-state index contributed by atoms with van der Waals surface area (Å²) in [5.41, 5.74) is 2.35. The first kappa shape index (κ1) is 21.6. The molecule has 31 heavy (non-hydrogen) atoms. The number of aromatic nitrogens is 2. The molecule has 0 saturated heterocycles. The molecule has 162 valence electrons. The predicted molar refractivity (Wildman–Crippen MR) is 127 cm³/mol. The average molecular weight is 457 g/mol. The normalized spacial score (nSPS) is 12.9. The second-order valence-electron chi connectivity index (χ2n) is 7.82. The lowest BCUT2D eigenvalue weighted by atomic mass is 10.2. The maximum absolute atomic E-state index is 12.5. The molecule has 1 aliphatic rings. The van der Waals surface area contributed by atoms with E-state index < -0.39 is 0 Å². The Morgan fingerprint density at radius 2 is 2.00 bits per heavy atom. The highest BCUT2D eigenvalue weighted by Gasteiger charge is 2.21. The van der Waals surface area contributed by atoms with E-state index in [0.29, 0.717) is 23.0 Å². The molecule has 0 radical (unpaired) electrons. The summed E-state index contributed by atoms with van der Waals surface area (Å²) in [5, 5.41) is 6.40. The van der Waals surface area contributed by atoms with E-state index in [-0.39, 0.29) is 29.0 Å². The summed E-state index contributed by atoms with van der Waals surface area (Å²) in [4.78, 5) is 46.2. The minimum atomic E-state index is -0.157. The van der Waals surface area contributed by atoms with Crippen molar-refractivity contribution in [3.8, 4) is 0 Å². The van der Waals surface area contributed by atoms with Gasteiger partial charge in [-0.3, -0.25) is 14.4 Å². The molecular weight excluding hydrogens is 432 g/mol. The Bertz CT molecular complexity index is 1200. The number of carbonyl (C=O) groups excluding carboxylic acids is 2. The molecule has 0 atom stereocenters.